The van der Waals surface area contributed by atoms with E-state index in [9.17, 15) is 4.79 Å². The second-order valence-corrected chi connectivity index (χ2v) is 8.02. The van der Waals surface area contributed by atoms with Crippen LogP contribution in [0.5, 0.6) is 5.75 Å². The van der Waals surface area contributed by atoms with E-state index >= 15 is 0 Å². The van der Waals surface area contributed by atoms with Crippen molar-refractivity contribution in [1.29, 1.82) is 0 Å². The molecule has 2 aromatic carbocycles. The second-order valence-electron chi connectivity index (χ2n) is 7.08. The molecule has 34 heavy (non-hydrogen) atoms. The van der Waals surface area contributed by atoms with Crippen LogP contribution >= 0.6 is 11.8 Å². The molecular weight excluding hydrogens is 452 g/mol. The number of carbonyl (C=O) groups is 1. The van der Waals surface area contributed by atoms with Gasteiger partial charge in [0, 0.05) is 18.8 Å². The van der Waals surface area contributed by atoms with Crippen LogP contribution in [0.25, 0.3) is 0 Å². The molecule has 3 rings (SSSR count). The first-order valence-electron chi connectivity index (χ1n) is 11.0. The van der Waals surface area contributed by atoms with Crippen LogP contribution in [0.3, 0.4) is 0 Å². The third-order valence-corrected chi connectivity index (χ3v) is 5.80. The maximum atomic E-state index is 12.4. The average Bonchev–Trinajstić information content (AvgIpc) is 3.20. The van der Waals surface area contributed by atoms with E-state index in [1.54, 1.807) is 18.3 Å². The first-order valence-corrected chi connectivity index (χ1v) is 12.0. The number of anilines is 3. The van der Waals surface area contributed by atoms with E-state index < -0.39 is 0 Å². The minimum absolute atomic E-state index is 0.109. The number of benzene rings is 2. The van der Waals surface area contributed by atoms with Crippen molar-refractivity contribution in [2.24, 2.45) is 5.10 Å². The highest BCUT2D eigenvalue weighted by molar-refractivity contribution is 7.99. The molecule has 4 N–H and O–H groups in total. The lowest BCUT2D eigenvalue weighted by atomic mass is 10.2. The molecule has 0 aliphatic rings. The average molecular weight is 483 g/mol. The first-order chi connectivity index (χ1) is 16.5. The van der Waals surface area contributed by atoms with E-state index in [0.29, 0.717) is 23.2 Å². The highest BCUT2D eigenvalue weighted by atomic mass is 32.2. The van der Waals surface area contributed by atoms with Gasteiger partial charge in [-0.3, -0.25) is 4.79 Å². The summed E-state index contributed by atoms with van der Waals surface area (Å²) < 4.78 is 6.78. The fourth-order valence-electron chi connectivity index (χ4n) is 3.14. The van der Waals surface area contributed by atoms with Crippen molar-refractivity contribution in [1.82, 2.24) is 14.9 Å². The van der Waals surface area contributed by atoms with Gasteiger partial charge in [-0.1, -0.05) is 36.0 Å². The van der Waals surface area contributed by atoms with Gasteiger partial charge in [-0.05, 0) is 50.6 Å². The second kappa shape index (κ2) is 12.5. The number of para-hydroxylation sites is 2. The predicted octanol–water partition coefficient (Wildman–Crippen LogP) is 3.41. The van der Waals surface area contributed by atoms with Crippen molar-refractivity contribution in [3.63, 3.8) is 0 Å². The van der Waals surface area contributed by atoms with E-state index in [1.807, 2.05) is 31.2 Å². The number of carbonyl (C=O) groups excluding carboxylic acids is 1. The molecule has 0 saturated carbocycles. The summed E-state index contributed by atoms with van der Waals surface area (Å²) in [7, 11) is 0. The SMILES string of the molecule is CCOc1ccccc1NC(=O)CSc1nnc(N/N=C/c2ccc(N(CC)CC)cc2)n1N. The number of hydrogen-bond donors (Lipinski definition) is 3. The number of hydrogen-bond acceptors (Lipinski definition) is 9. The maximum absolute atomic E-state index is 12.4. The summed E-state index contributed by atoms with van der Waals surface area (Å²) in [4.78, 5) is 14.6. The number of aromatic nitrogens is 3. The van der Waals surface area contributed by atoms with Crippen LogP contribution in [0, 0.1) is 0 Å². The molecule has 1 heterocycles. The van der Waals surface area contributed by atoms with Crippen LogP contribution in [0.2, 0.25) is 0 Å². The number of hydrazone groups is 1. The van der Waals surface area contributed by atoms with Crippen LogP contribution in [0.15, 0.2) is 58.8 Å². The van der Waals surface area contributed by atoms with E-state index in [-0.39, 0.29) is 17.6 Å². The van der Waals surface area contributed by atoms with Crippen LogP contribution < -0.4 is 26.2 Å². The number of nitrogens with zero attached hydrogens (tertiary/aromatic N) is 5. The Morgan fingerprint density at radius 2 is 1.88 bits per heavy atom. The van der Waals surface area contributed by atoms with Gasteiger partial charge in [0.2, 0.25) is 11.1 Å². The van der Waals surface area contributed by atoms with Crippen molar-refractivity contribution in [3.05, 3.63) is 54.1 Å². The van der Waals surface area contributed by atoms with Crippen LogP contribution in [0.4, 0.5) is 17.3 Å². The topological polar surface area (TPSA) is 123 Å². The lowest BCUT2D eigenvalue weighted by Crippen LogP contribution is -2.21. The quantitative estimate of drug-likeness (QED) is 0.155. The normalized spacial score (nSPS) is 10.9. The number of nitrogens with two attached hydrogens (primary N) is 1. The molecule has 0 aliphatic carbocycles. The molecule has 0 aliphatic heterocycles. The van der Waals surface area contributed by atoms with Gasteiger partial charge in [-0.15, -0.1) is 10.2 Å². The minimum atomic E-state index is -0.208. The monoisotopic (exact) mass is 482 g/mol. The number of ether oxygens (including phenoxy) is 1. The van der Waals surface area contributed by atoms with Gasteiger partial charge in [0.25, 0.3) is 5.95 Å². The van der Waals surface area contributed by atoms with Crippen molar-refractivity contribution in [2.45, 2.75) is 25.9 Å². The zero-order chi connectivity index (χ0) is 24.3. The van der Waals surface area contributed by atoms with E-state index in [4.69, 9.17) is 10.6 Å². The fourth-order valence-corrected chi connectivity index (χ4v) is 3.80. The van der Waals surface area contributed by atoms with Gasteiger partial charge < -0.3 is 20.8 Å². The van der Waals surface area contributed by atoms with Gasteiger partial charge in [-0.25, -0.2) is 10.1 Å². The van der Waals surface area contributed by atoms with Gasteiger partial charge in [-0.2, -0.15) is 5.10 Å². The van der Waals surface area contributed by atoms with Gasteiger partial charge in [0.05, 0.1) is 24.3 Å². The van der Waals surface area contributed by atoms with Crippen LogP contribution in [-0.2, 0) is 4.79 Å². The standard InChI is InChI=1S/C23H30N8O2S/c1-4-30(5-2)18-13-11-17(12-14-18)15-25-27-22-28-29-23(31(22)24)34-16-21(32)26-19-9-7-8-10-20(19)33-6-3/h7-15H,4-6,16,24H2,1-3H3,(H,26,32)(H,27,28)/b25-15+. The summed E-state index contributed by atoms with van der Waals surface area (Å²) >= 11 is 1.17. The molecule has 0 fully saturated rings. The summed E-state index contributed by atoms with van der Waals surface area (Å²) in [6.45, 7) is 8.58. The van der Waals surface area contributed by atoms with E-state index in [0.717, 1.165) is 18.7 Å². The molecule has 10 nitrogen and oxygen atoms in total. The zero-order valence-corrected chi connectivity index (χ0v) is 20.4. The van der Waals surface area contributed by atoms with Crippen molar-refractivity contribution in [2.75, 3.05) is 46.9 Å². The molecule has 0 saturated heterocycles. The Morgan fingerprint density at radius 1 is 1.15 bits per heavy atom. The van der Waals surface area contributed by atoms with Crippen molar-refractivity contribution < 1.29 is 9.53 Å². The summed E-state index contributed by atoms with van der Waals surface area (Å²) in [6, 6.07) is 15.4. The lowest BCUT2D eigenvalue weighted by molar-refractivity contribution is -0.113. The smallest absolute Gasteiger partial charge is 0.264 e. The Labute approximate surface area is 203 Å². The molecule has 0 spiro atoms. The molecule has 0 bridgehead atoms. The molecule has 180 valence electrons. The molecule has 1 amide bonds. The number of nitrogens with one attached hydrogen (secondary N) is 2. The van der Waals surface area contributed by atoms with Crippen molar-refractivity contribution >= 4 is 41.2 Å². The van der Waals surface area contributed by atoms with E-state index in [1.165, 1.54) is 22.1 Å². The Balaban J connectivity index is 1.52. The molecule has 1 aromatic heterocycles. The summed E-state index contributed by atoms with van der Waals surface area (Å²) in [5.41, 5.74) is 5.51. The molecular formula is C23H30N8O2S. The third kappa shape index (κ3) is 6.64. The lowest BCUT2D eigenvalue weighted by Gasteiger charge is -2.20. The number of rotatable bonds is 12. The molecule has 3 aromatic rings. The Morgan fingerprint density at radius 3 is 2.59 bits per heavy atom. The molecule has 0 unspecified atom stereocenters. The highest BCUT2D eigenvalue weighted by Crippen LogP contribution is 2.24. The Kier molecular flexibility index (Phi) is 9.15. The highest BCUT2D eigenvalue weighted by Gasteiger charge is 2.13. The van der Waals surface area contributed by atoms with Gasteiger partial charge in [0.15, 0.2) is 0 Å². The first kappa shape index (κ1) is 24.9. The van der Waals surface area contributed by atoms with Crippen molar-refractivity contribution in [3.8, 4) is 5.75 Å². The van der Waals surface area contributed by atoms with Gasteiger partial charge in [0.1, 0.15) is 5.75 Å². The summed E-state index contributed by atoms with van der Waals surface area (Å²) in [5.74, 6) is 6.83. The van der Waals surface area contributed by atoms with Crippen LogP contribution in [0.1, 0.15) is 26.3 Å². The zero-order valence-electron chi connectivity index (χ0n) is 19.6. The summed E-state index contributed by atoms with van der Waals surface area (Å²) in [6.07, 6.45) is 1.68. The molecule has 0 radical (unpaired) electrons. The Hall–Kier alpha value is -3.73. The number of thioether (sulfide) groups is 1. The number of amides is 1. The molecule has 11 heteroatoms. The number of nitrogen functional groups attached to an aromatic ring is 1. The van der Waals surface area contributed by atoms with Crippen LogP contribution in [-0.4, -0.2) is 52.4 Å². The van der Waals surface area contributed by atoms with E-state index in [2.05, 4.69) is 56.9 Å². The largest absolute Gasteiger partial charge is 0.492 e. The minimum Gasteiger partial charge on any atom is -0.492 e. The fraction of sp³-hybridized carbons (Fsp3) is 0.304. The summed E-state index contributed by atoms with van der Waals surface area (Å²) in [5, 5.41) is 15.4. The van der Waals surface area contributed by atoms with Gasteiger partial charge >= 0.3 is 0 Å². The molecule has 0 atom stereocenters. The Bertz CT molecular complexity index is 1100. The maximum Gasteiger partial charge on any atom is 0.264 e. The predicted molar refractivity (Wildman–Crippen MR) is 138 cm³/mol. The third-order valence-electron chi connectivity index (χ3n) is 4.86.